The van der Waals surface area contributed by atoms with Gasteiger partial charge in [0, 0.05) is 51.7 Å². The quantitative estimate of drug-likeness (QED) is 0.832. The summed E-state index contributed by atoms with van der Waals surface area (Å²) in [5.74, 6) is 0. The second-order valence-electron chi connectivity index (χ2n) is 5.59. The zero-order chi connectivity index (χ0) is 16.7. The summed E-state index contributed by atoms with van der Waals surface area (Å²) in [5.41, 5.74) is 0. The van der Waals surface area contributed by atoms with Crippen molar-refractivity contribution in [3.8, 4) is 0 Å². The van der Waals surface area contributed by atoms with Crippen LogP contribution >= 0.6 is 0 Å². The van der Waals surface area contributed by atoms with E-state index < -0.39 is 12.7 Å². The van der Waals surface area contributed by atoms with Crippen LogP contribution in [-0.2, 0) is 6.54 Å². The second kappa shape index (κ2) is 8.19. The molecule has 23 heavy (non-hydrogen) atoms. The summed E-state index contributed by atoms with van der Waals surface area (Å²) in [6.45, 7) is 1.74. The van der Waals surface area contributed by atoms with Crippen LogP contribution in [0.2, 0.25) is 0 Å². The van der Waals surface area contributed by atoms with Crippen molar-refractivity contribution in [2.45, 2.75) is 25.6 Å². The third-order valence-electron chi connectivity index (χ3n) is 3.68. The molecule has 2 heterocycles. The van der Waals surface area contributed by atoms with Gasteiger partial charge in [0.15, 0.2) is 0 Å². The molecule has 0 aromatic carbocycles. The number of amides is 2. The number of urea groups is 1. The van der Waals surface area contributed by atoms with Crippen molar-refractivity contribution >= 4 is 6.03 Å². The lowest BCUT2D eigenvalue weighted by atomic mass is 10.4. The maximum Gasteiger partial charge on any atom is 0.401 e. The highest BCUT2D eigenvalue weighted by Crippen LogP contribution is 2.17. The Morgan fingerprint density at radius 2 is 2.04 bits per heavy atom. The first-order valence-corrected chi connectivity index (χ1v) is 7.73. The average molecular weight is 333 g/mol. The van der Waals surface area contributed by atoms with Crippen LogP contribution in [0.25, 0.3) is 0 Å². The molecule has 1 aromatic rings. The molecule has 1 aliphatic rings. The summed E-state index contributed by atoms with van der Waals surface area (Å²) in [6.07, 6.45) is 0.663. The molecule has 0 spiro atoms. The third kappa shape index (κ3) is 6.47. The van der Waals surface area contributed by atoms with Gasteiger partial charge < -0.3 is 10.2 Å². The zero-order valence-corrected chi connectivity index (χ0v) is 12.9. The fourth-order valence-corrected chi connectivity index (χ4v) is 2.57. The lowest BCUT2D eigenvalue weighted by molar-refractivity contribution is -0.145. The lowest BCUT2D eigenvalue weighted by Gasteiger charge is -2.23. The van der Waals surface area contributed by atoms with Crippen LogP contribution in [0.5, 0.6) is 0 Å². The summed E-state index contributed by atoms with van der Waals surface area (Å²) in [6, 6.07) is 1.63. The van der Waals surface area contributed by atoms with E-state index >= 15 is 0 Å². The van der Waals surface area contributed by atoms with E-state index in [0.717, 1.165) is 6.42 Å². The molecule has 2 rings (SSSR count). The monoisotopic (exact) mass is 333 g/mol. The zero-order valence-electron chi connectivity index (χ0n) is 12.9. The van der Waals surface area contributed by atoms with Crippen LogP contribution in [0, 0.1) is 0 Å². The van der Waals surface area contributed by atoms with E-state index in [-0.39, 0.29) is 12.6 Å². The second-order valence-corrected chi connectivity index (χ2v) is 5.59. The third-order valence-corrected chi connectivity index (χ3v) is 3.68. The largest absolute Gasteiger partial charge is 0.401 e. The van der Waals surface area contributed by atoms with E-state index in [1.807, 2.05) is 12.3 Å². The number of aromatic nitrogens is 2. The van der Waals surface area contributed by atoms with Crippen LogP contribution in [-0.4, -0.2) is 71.1 Å². The molecule has 0 bridgehead atoms. The summed E-state index contributed by atoms with van der Waals surface area (Å²) < 4.78 is 39.0. The van der Waals surface area contributed by atoms with E-state index in [1.54, 1.807) is 15.8 Å². The summed E-state index contributed by atoms with van der Waals surface area (Å²) in [4.78, 5) is 15.0. The minimum atomic E-state index is -4.19. The Bertz CT molecular complexity index is 477. The standard InChI is InChI=1S/C14H22F3N5O/c15-14(16,17)12-20-6-3-7-21(11-10-20)13(23)18-4-1-8-22-9-2-5-19-22/h2,5,9H,1,3-4,6-8,10-12H2,(H,18,23). The number of halogens is 3. The molecule has 1 aliphatic heterocycles. The van der Waals surface area contributed by atoms with E-state index in [9.17, 15) is 18.0 Å². The Kier molecular flexibility index (Phi) is 6.26. The molecule has 0 aliphatic carbocycles. The molecular formula is C14H22F3N5O. The van der Waals surface area contributed by atoms with Gasteiger partial charge in [-0.15, -0.1) is 0 Å². The van der Waals surface area contributed by atoms with E-state index in [2.05, 4.69) is 10.4 Å². The molecule has 0 atom stereocenters. The molecule has 1 aromatic heterocycles. The molecule has 1 fully saturated rings. The number of hydrogen-bond donors (Lipinski definition) is 1. The topological polar surface area (TPSA) is 53.4 Å². The van der Waals surface area contributed by atoms with Gasteiger partial charge in [-0.05, 0) is 18.9 Å². The van der Waals surface area contributed by atoms with Gasteiger partial charge in [0.05, 0.1) is 6.54 Å². The first-order chi connectivity index (χ1) is 10.9. The van der Waals surface area contributed by atoms with Crippen LogP contribution in [0.15, 0.2) is 18.5 Å². The highest BCUT2D eigenvalue weighted by atomic mass is 19.4. The predicted molar refractivity (Wildman–Crippen MR) is 78.9 cm³/mol. The van der Waals surface area contributed by atoms with Crippen LogP contribution < -0.4 is 5.32 Å². The van der Waals surface area contributed by atoms with Crippen LogP contribution in [0.1, 0.15) is 12.8 Å². The van der Waals surface area contributed by atoms with Crippen molar-refractivity contribution in [3.05, 3.63) is 18.5 Å². The normalized spacial score (nSPS) is 17.1. The smallest absolute Gasteiger partial charge is 0.338 e. The maximum atomic E-state index is 12.4. The molecule has 0 saturated carbocycles. The first kappa shape index (κ1) is 17.6. The van der Waals surface area contributed by atoms with Crippen molar-refractivity contribution in [1.82, 2.24) is 24.9 Å². The van der Waals surface area contributed by atoms with Crippen molar-refractivity contribution in [2.75, 3.05) is 39.3 Å². The summed E-state index contributed by atoms with van der Waals surface area (Å²) in [7, 11) is 0. The Balaban J connectivity index is 1.66. The summed E-state index contributed by atoms with van der Waals surface area (Å²) in [5, 5.41) is 6.88. The Hall–Kier alpha value is -1.77. The fraction of sp³-hybridized carbons (Fsp3) is 0.714. The van der Waals surface area contributed by atoms with Gasteiger partial charge in [-0.3, -0.25) is 9.58 Å². The van der Waals surface area contributed by atoms with Crippen LogP contribution in [0.4, 0.5) is 18.0 Å². The molecule has 2 amide bonds. The van der Waals surface area contributed by atoms with E-state index in [1.165, 1.54) is 4.90 Å². The molecule has 0 radical (unpaired) electrons. The van der Waals surface area contributed by atoms with Gasteiger partial charge in [0.2, 0.25) is 0 Å². The predicted octanol–water partition coefficient (Wildman–Crippen LogP) is 1.55. The molecule has 1 N–H and O–H groups in total. The van der Waals surface area contributed by atoms with Gasteiger partial charge in [-0.25, -0.2) is 4.79 Å². The highest BCUT2D eigenvalue weighted by molar-refractivity contribution is 5.74. The van der Waals surface area contributed by atoms with Crippen molar-refractivity contribution in [1.29, 1.82) is 0 Å². The molecular weight excluding hydrogens is 311 g/mol. The molecule has 130 valence electrons. The van der Waals surface area contributed by atoms with Gasteiger partial charge in [-0.2, -0.15) is 18.3 Å². The number of aryl methyl sites for hydroxylation is 1. The lowest BCUT2D eigenvalue weighted by Crippen LogP contribution is -2.43. The summed E-state index contributed by atoms with van der Waals surface area (Å²) >= 11 is 0. The fourth-order valence-electron chi connectivity index (χ4n) is 2.57. The Morgan fingerprint density at radius 1 is 1.22 bits per heavy atom. The first-order valence-electron chi connectivity index (χ1n) is 7.73. The minimum Gasteiger partial charge on any atom is -0.338 e. The van der Waals surface area contributed by atoms with Crippen molar-refractivity contribution < 1.29 is 18.0 Å². The number of carbonyl (C=O) groups excluding carboxylic acids is 1. The van der Waals surface area contributed by atoms with Crippen LogP contribution in [0.3, 0.4) is 0 Å². The molecule has 0 unspecified atom stereocenters. The maximum absolute atomic E-state index is 12.4. The van der Waals surface area contributed by atoms with Gasteiger partial charge in [-0.1, -0.05) is 0 Å². The minimum absolute atomic E-state index is 0.209. The average Bonchev–Trinajstić information content (AvgIpc) is 2.88. The molecule has 1 saturated heterocycles. The molecule has 6 nitrogen and oxygen atoms in total. The van der Waals surface area contributed by atoms with Crippen molar-refractivity contribution in [3.63, 3.8) is 0 Å². The number of rotatable bonds is 5. The SMILES string of the molecule is O=C(NCCCn1cccn1)N1CCCN(CC(F)(F)F)CC1. The number of alkyl halides is 3. The van der Waals surface area contributed by atoms with E-state index in [0.29, 0.717) is 39.1 Å². The number of nitrogens with zero attached hydrogens (tertiary/aromatic N) is 4. The number of hydrogen-bond acceptors (Lipinski definition) is 3. The van der Waals surface area contributed by atoms with Gasteiger partial charge in [0.25, 0.3) is 0 Å². The van der Waals surface area contributed by atoms with Crippen molar-refractivity contribution in [2.24, 2.45) is 0 Å². The Morgan fingerprint density at radius 3 is 2.74 bits per heavy atom. The number of carbonyl (C=O) groups is 1. The van der Waals surface area contributed by atoms with Gasteiger partial charge in [0.1, 0.15) is 0 Å². The Labute approximate surface area is 133 Å². The van der Waals surface area contributed by atoms with Gasteiger partial charge >= 0.3 is 12.2 Å². The van der Waals surface area contributed by atoms with E-state index in [4.69, 9.17) is 0 Å². The number of nitrogens with one attached hydrogen (secondary N) is 1. The molecule has 9 heteroatoms. The highest BCUT2D eigenvalue weighted by Gasteiger charge is 2.31.